The Morgan fingerprint density at radius 1 is 1.30 bits per heavy atom. The van der Waals surface area contributed by atoms with Crippen molar-refractivity contribution in [2.45, 2.75) is 6.54 Å². The fourth-order valence-electron chi connectivity index (χ4n) is 1.94. The van der Waals surface area contributed by atoms with Crippen LogP contribution >= 0.6 is 28.1 Å². The van der Waals surface area contributed by atoms with E-state index in [1.807, 2.05) is 42.3 Å². The van der Waals surface area contributed by atoms with Crippen LogP contribution < -0.4 is 10.6 Å². The number of halogens is 2. The van der Waals surface area contributed by atoms with Crippen molar-refractivity contribution < 1.29 is 4.39 Å². The van der Waals surface area contributed by atoms with Gasteiger partial charge in [-0.3, -0.25) is 0 Å². The van der Waals surface area contributed by atoms with Gasteiger partial charge in [-0.15, -0.1) is 0 Å². The summed E-state index contributed by atoms with van der Waals surface area (Å²) in [6.07, 6.45) is 0. The molecule has 0 radical (unpaired) electrons. The van der Waals surface area contributed by atoms with Crippen LogP contribution in [0.3, 0.4) is 0 Å². The van der Waals surface area contributed by atoms with Crippen molar-refractivity contribution in [2.75, 3.05) is 11.9 Å². The maximum absolute atomic E-state index is 13.9. The molecule has 0 saturated carbocycles. The molecular weight excluding hydrogens is 339 g/mol. The number of nitrogens with zero attached hydrogens (tertiary/aromatic N) is 1. The lowest BCUT2D eigenvalue weighted by Crippen LogP contribution is -2.18. The highest BCUT2D eigenvalue weighted by molar-refractivity contribution is 9.10. The van der Waals surface area contributed by atoms with Gasteiger partial charge in [0.15, 0.2) is 0 Å². The first-order chi connectivity index (χ1) is 9.47. The molecule has 0 aliphatic heterocycles. The zero-order chi connectivity index (χ0) is 14.7. The Morgan fingerprint density at radius 3 is 2.65 bits per heavy atom. The number of nitrogens with two attached hydrogens (primary N) is 1. The molecule has 0 aliphatic rings. The van der Waals surface area contributed by atoms with E-state index in [9.17, 15) is 4.39 Å². The van der Waals surface area contributed by atoms with Crippen LogP contribution in [0.1, 0.15) is 11.1 Å². The first-order valence-corrected chi connectivity index (χ1v) is 7.22. The summed E-state index contributed by atoms with van der Waals surface area (Å²) in [5.41, 5.74) is 7.65. The van der Waals surface area contributed by atoms with E-state index in [1.54, 1.807) is 6.07 Å². The van der Waals surface area contributed by atoms with Gasteiger partial charge in [-0.2, -0.15) is 0 Å². The molecule has 0 unspecified atom stereocenters. The molecular formula is C15H14BrFN2S. The van der Waals surface area contributed by atoms with E-state index in [2.05, 4.69) is 15.9 Å². The van der Waals surface area contributed by atoms with Crippen molar-refractivity contribution in [2.24, 2.45) is 5.73 Å². The lowest BCUT2D eigenvalue weighted by molar-refractivity contribution is 0.625. The molecule has 0 heterocycles. The minimum absolute atomic E-state index is 0.0729. The Labute approximate surface area is 131 Å². The molecule has 0 aliphatic carbocycles. The van der Waals surface area contributed by atoms with Crippen molar-refractivity contribution in [1.82, 2.24) is 0 Å². The first-order valence-electron chi connectivity index (χ1n) is 6.02. The van der Waals surface area contributed by atoms with E-state index in [4.69, 9.17) is 18.0 Å². The third-order valence-electron chi connectivity index (χ3n) is 2.97. The quantitative estimate of drug-likeness (QED) is 0.847. The summed E-state index contributed by atoms with van der Waals surface area (Å²) in [6, 6.07) is 12.9. The molecule has 2 nitrogen and oxygen atoms in total. The number of thiocarbonyl (C=S) groups is 1. The molecule has 0 fully saturated rings. The lowest BCUT2D eigenvalue weighted by Gasteiger charge is -2.20. The highest BCUT2D eigenvalue weighted by Crippen LogP contribution is 2.20. The number of anilines is 1. The average molecular weight is 353 g/mol. The molecule has 0 aromatic heterocycles. The smallest absolute Gasteiger partial charge is 0.135 e. The van der Waals surface area contributed by atoms with Crippen molar-refractivity contribution in [3.8, 4) is 0 Å². The van der Waals surface area contributed by atoms with Crippen LogP contribution in [0.4, 0.5) is 10.1 Å². The number of benzene rings is 2. The van der Waals surface area contributed by atoms with Gasteiger partial charge in [0.25, 0.3) is 0 Å². The SMILES string of the molecule is CN(Cc1cccc(Br)c1)c1ccc(C(N)=S)c(F)c1. The van der Waals surface area contributed by atoms with E-state index < -0.39 is 5.82 Å². The summed E-state index contributed by atoms with van der Waals surface area (Å²) in [6.45, 7) is 0.686. The topological polar surface area (TPSA) is 29.3 Å². The molecule has 2 aromatic rings. The molecule has 2 N–H and O–H groups in total. The molecule has 0 spiro atoms. The summed E-state index contributed by atoms with van der Waals surface area (Å²) in [7, 11) is 1.91. The number of rotatable bonds is 4. The molecule has 0 bridgehead atoms. The Bertz CT molecular complexity index is 646. The predicted octanol–water partition coefficient (Wildman–Crippen LogP) is 3.86. The Kier molecular flexibility index (Phi) is 4.73. The normalized spacial score (nSPS) is 10.3. The van der Waals surface area contributed by atoms with Crippen LogP contribution in [-0.2, 0) is 6.54 Å². The minimum atomic E-state index is -0.393. The van der Waals surface area contributed by atoms with Crippen LogP contribution in [-0.4, -0.2) is 12.0 Å². The number of hydrogen-bond acceptors (Lipinski definition) is 2. The standard InChI is InChI=1S/C15H14BrFN2S/c1-19(9-10-3-2-4-11(16)7-10)12-5-6-13(15(18)20)14(17)8-12/h2-8H,9H2,1H3,(H2,18,20). The first kappa shape index (κ1) is 14.9. The van der Waals surface area contributed by atoms with E-state index in [-0.39, 0.29) is 10.6 Å². The van der Waals surface area contributed by atoms with Crippen molar-refractivity contribution in [1.29, 1.82) is 0 Å². The fraction of sp³-hybridized carbons (Fsp3) is 0.133. The zero-order valence-electron chi connectivity index (χ0n) is 10.9. The zero-order valence-corrected chi connectivity index (χ0v) is 13.3. The van der Waals surface area contributed by atoms with Gasteiger partial charge in [0.2, 0.25) is 0 Å². The number of hydrogen-bond donors (Lipinski definition) is 1. The van der Waals surface area contributed by atoms with Gasteiger partial charge < -0.3 is 10.6 Å². The second kappa shape index (κ2) is 6.33. The highest BCUT2D eigenvalue weighted by atomic mass is 79.9. The second-order valence-electron chi connectivity index (χ2n) is 4.51. The van der Waals surface area contributed by atoms with E-state index in [1.165, 1.54) is 6.07 Å². The van der Waals surface area contributed by atoms with Crippen LogP contribution in [0.25, 0.3) is 0 Å². The average Bonchev–Trinajstić information content (AvgIpc) is 2.38. The Balaban J connectivity index is 2.19. The molecule has 0 saturated heterocycles. The van der Waals surface area contributed by atoms with Crippen molar-refractivity contribution >= 4 is 38.8 Å². The summed E-state index contributed by atoms with van der Waals surface area (Å²) in [5.74, 6) is -0.393. The van der Waals surface area contributed by atoms with Crippen LogP contribution in [0.5, 0.6) is 0 Å². The minimum Gasteiger partial charge on any atom is -0.389 e. The third kappa shape index (κ3) is 3.55. The van der Waals surface area contributed by atoms with Crippen molar-refractivity contribution in [3.05, 3.63) is 63.9 Å². The summed E-state index contributed by atoms with van der Waals surface area (Å²) < 4.78 is 14.9. The summed E-state index contributed by atoms with van der Waals surface area (Å²) in [4.78, 5) is 2.04. The maximum Gasteiger partial charge on any atom is 0.135 e. The van der Waals surface area contributed by atoms with E-state index in [0.717, 1.165) is 15.7 Å². The Morgan fingerprint density at radius 2 is 2.05 bits per heavy atom. The fourth-order valence-corrected chi connectivity index (χ4v) is 2.55. The van der Waals surface area contributed by atoms with Gasteiger partial charge in [-0.25, -0.2) is 4.39 Å². The van der Waals surface area contributed by atoms with Gasteiger partial charge >= 0.3 is 0 Å². The van der Waals surface area contributed by atoms with Gasteiger partial charge in [0.05, 0.1) is 0 Å². The predicted molar refractivity (Wildman–Crippen MR) is 88.5 cm³/mol. The largest absolute Gasteiger partial charge is 0.389 e. The summed E-state index contributed by atoms with van der Waals surface area (Å²) >= 11 is 8.24. The highest BCUT2D eigenvalue weighted by Gasteiger charge is 2.09. The maximum atomic E-state index is 13.9. The van der Waals surface area contributed by atoms with Crippen LogP contribution in [0.2, 0.25) is 0 Å². The molecule has 0 atom stereocenters. The monoisotopic (exact) mass is 352 g/mol. The van der Waals surface area contributed by atoms with Gasteiger partial charge in [0, 0.05) is 29.3 Å². The van der Waals surface area contributed by atoms with E-state index in [0.29, 0.717) is 6.54 Å². The molecule has 0 amide bonds. The Hall–Kier alpha value is -1.46. The van der Waals surface area contributed by atoms with Gasteiger partial charge in [-0.1, -0.05) is 40.3 Å². The van der Waals surface area contributed by atoms with Crippen LogP contribution in [0.15, 0.2) is 46.9 Å². The van der Waals surface area contributed by atoms with E-state index >= 15 is 0 Å². The molecule has 2 rings (SSSR count). The lowest BCUT2D eigenvalue weighted by atomic mass is 10.1. The summed E-state index contributed by atoms with van der Waals surface area (Å²) in [5, 5.41) is 0. The van der Waals surface area contributed by atoms with Gasteiger partial charge in [-0.05, 0) is 35.9 Å². The van der Waals surface area contributed by atoms with Crippen LogP contribution in [0, 0.1) is 5.82 Å². The molecule has 5 heteroatoms. The van der Waals surface area contributed by atoms with Gasteiger partial charge in [0.1, 0.15) is 10.8 Å². The second-order valence-corrected chi connectivity index (χ2v) is 5.87. The van der Waals surface area contributed by atoms with Crippen molar-refractivity contribution in [3.63, 3.8) is 0 Å². The molecule has 2 aromatic carbocycles. The molecule has 104 valence electrons. The molecule has 20 heavy (non-hydrogen) atoms. The third-order valence-corrected chi connectivity index (χ3v) is 3.68.